The fraction of sp³-hybridized carbons (Fsp3) is 0.923. The Labute approximate surface area is 114 Å². The Hall–Kier alpha value is -0.420. The molecule has 0 aromatic heterocycles. The summed E-state index contributed by atoms with van der Waals surface area (Å²) in [6.07, 6.45) is 6.75. The Kier molecular flexibility index (Phi) is 5.18. The Bertz CT molecular complexity index is 284. The van der Waals surface area contributed by atoms with Gasteiger partial charge in [-0.3, -0.25) is 4.99 Å². The van der Waals surface area contributed by atoms with E-state index in [9.17, 15) is 5.11 Å². The van der Waals surface area contributed by atoms with Crippen molar-refractivity contribution in [2.24, 2.45) is 4.99 Å². The van der Waals surface area contributed by atoms with Crippen molar-refractivity contribution in [3.05, 3.63) is 0 Å². The smallest absolute Gasteiger partial charge is 0.191 e. The van der Waals surface area contributed by atoms with Crippen LogP contribution >= 0.6 is 11.8 Å². The van der Waals surface area contributed by atoms with Gasteiger partial charge < -0.3 is 15.7 Å². The molecule has 1 atom stereocenters. The largest absolute Gasteiger partial charge is 0.388 e. The number of hydrogen-bond donors (Lipinski definition) is 3. The summed E-state index contributed by atoms with van der Waals surface area (Å²) < 4.78 is 0. The molecule has 0 aromatic rings. The van der Waals surface area contributed by atoms with Crippen LogP contribution in [0.15, 0.2) is 4.99 Å². The molecule has 1 aliphatic heterocycles. The second-order valence-electron chi connectivity index (χ2n) is 5.37. The molecule has 1 heterocycles. The van der Waals surface area contributed by atoms with Crippen LogP contribution in [0.1, 0.15) is 38.5 Å². The summed E-state index contributed by atoms with van der Waals surface area (Å²) in [4.78, 5) is 4.22. The second kappa shape index (κ2) is 6.66. The first kappa shape index (κ1) is 14.0. The van der Waals surface area contributed by atoms with Gasteiger partial charge in [-0.2, -0.15) is 11.8 Å². The van der Waals surface area contributed by atoms with Crippen molar-refractivity contribution in [3.8, 4) is 0 Å². The lowest BCUT2D eigenvalue weighted by molar-refractivity contribution is 0.0522. The lowest BCUT2D eigenvalue weighted by Crippen LogP contribution is -2.47. The monoisotopic (exact) mass is 271 g/mol. The molecule has 0 bridgehead atoms. The summed E-state index contributed by atoms with van der Waals surface area (Å²) in [5.41, 5.74) is -0.514. The van der Waals surface area contributed by atoms with E-state index in [0.29, 0.717) is 6.54 Å². The SMILES string of the molecule is CN=C(NCC1CCCS1)NCC1(O)CCCC1. The van der Waals surface area contributed by atoms with E-state index in [-0.39, 0.29) is 0 Å². The molecule has 2 rings (SSSR count). The van der Waals surface area contributed by atoms with Crippen molar-refractivity contribution in [2.75, 3.05) is 25.9 Å². The van der Waals surface area contributed by atoms with Gasteiger partial charge in [-0.25, -0.2) is 0 Å². The van der Waals surface area contributed by atoms with Gasteiger partial charge in [0.25, 0.3) is 0 Å². The minimum Gasteiger partial charge on any atom is -0.388 e. The van der Waals surface area contributed by atoms with Crippen LogP contribution in [0.5, 0.6) is 0 Å². The van der Waals surface area contributed by atoms with Crippen LogP contribution in [0, 0.1) is 0 Å². The fourth-order valence-corrected chi connectivity index (χ4v) is 3.90. The van der Waals surface area contributed by atoms with Gasteiger partial charge in [0, 0.05) is 25.4 Å². The minimum absolute atomic E-state index is 0.514. The molecule has 0 amide bonds. The zero-order valence-electron chi connectivity index (χ0n) is 11.2. The molecule has 1 saturated carbocycles. The van der Waals surface area contributed by atoms with Crippen molar-refractivity contribution < 1.29 is 5.11 Å². The highest BCUT2D eigenvalue weighted by atomic mass is 32.2. The molecule has 5 heteroatoms. The van der Waals surface area contributed by atoms with E-state index in [0.717, 1.165) is 43.4 Å². The van der Waals surface area contributed by atoms with E-state index in [2.05, 4.69) is 15.6 Å². The maximum absolute atomic E-state index is 10.3. The molecule has 104 valence electrons. The molecule has 3 N–H and O–H groups in total. The molecule has 0 aromatic carbocycles. The topological polar surface area (TPSA) is 56.7 Å². The van der Waals surface area contributed by atoms with Gasteiger partial charge in [-0.1, -0.05) is 12.8 Å². The van der Waals surface area contributed by atoms with Gasteiger partial charge in [-0.15, -0.1) is 0 Å². The Morgan fingerprint density at radius 1 is 1.33 bits per heavy atom. The minimum atomic E-state index is -0.514. The third-order valence-electron chi connectivity index (χ3n) is 3.86. The maximum atomic E-state index is 10.3. The second-order valence-corrected chi connectivity index (χ2v) is 6.78. The molecule has 18 heavy (non-hydrogen) atoms. The number of nitrogens with one attached hydrogen (secondary N) is 2. The lowest BCUT2D eigenvalue weighted by atomic mass is 10.0. The predicted molar refractivity (Wildman–Crippen MR) is 78.3 cm³/mol. The predicted octanol–water partition coefficient (Wildman–Crippen LogP) is 1.35. The summed E-state index contributed by atoms with van der Waals surface area (Å²) in [7, 11) is 1.79. The van der Waals surface area contributed by atoms with Gasteiger partial charge in [0.05, 0.1) is 5.60 Å². The van der Waals surface area contributed by atoms with E-state index < -0.39 is 5.60 Å². The van der Waals surface area contributed by atoms with Crippen molar-refractivity contribution >= 4 is 17.7 Å². The maximum Gasteiger partial charge on any atom is 0.191 e. The van der Waals surface area contributed by atoms with E-state index in [1.165, 1.54) is 18.6 Å². The molecular formula is C13H25N3OS. The molecule has 1 saturated heterocycles. The zero-order chi connectivity index (χ0) is 12.8. The van der Waals surface area contributed by atoms with E-state index in [4.69, 9.17) is 0 Å². The molecule has 1 aliphatic carbocycles. The molecule has 0 spiro atoms. The average Bonchev–Trinajstić information content (AvgIpc) is 3.01. The number of aliphatic hydroxyl groups is 1. The molecule has 4 nitrogen and oxygen atoms in total. The third kappa shape index (κ3) is 4.05. The first-order valence-electron chi connectivity index (χ1n) is 7.00. The molecular weight excluding hydrogens is 246 g/mol. The van der Waals surface area contributed by atoms with Gasteiger partial charge in [0.1, 0.15) is 0 Å². The average molecular weight is 271 g/mol. The number of aliphatic imine (C=N–C) groups is 1. The zero-order valence-corrected chi connectivity index (χ0v) is 12.1. The Balaban J connectivity index is 1.68. The summed E-state index contributed by atoms with van der Waals surface area (Å²) in [5.74, 6) is 2.11. The van der Waals surface area contributed by atoms with Gasteiger partial charge in [0.15, 0.2) is 5.96 Å². The lowest BCUT2D eigenvalue weighted by Gasteiger charge is -2.24. The summed E-state index contributed by atoms with van der Waals surface area (Å²) in [6.45, 7) is 1.59. The Morgan fingerprint density at radius 2 is 2.11 bits per heavy atom. The highest BCUT2D eigenvalue weighted by Crippen LogP contribution is 2.28. The molecule has 0 radical (unpaired) electrons. The highest BCUT2D eigenvalue weighted by molar-refractivity contribution is 8.00. The van der Waals surface area contributed by atoms with Crippen molar-refractivity contribution in [1.82, 2.24) is 10.6 Å². The summed E-state index contributed by atoms with van der Waals surface area (Å²) in [6, 6.07) is 0. The van der Waals surface area contributed by atoms with Crippen LogP contribution in [0.25, 0.3) is 0 Å². The molecule has 2 fully saturated rings. The standard InChI is InChI=1S/C13H25N3OS/c1-14-12(15-9-11-5-4-8-18-11)16-10-13(17)6-2-3-7-13/h11,17H,2-10H2,1H3,(H2,14,15,16). The quantitative estimate of drug-likeness (QED) is 0.534. The summed E-state index contributed by atoms with van der Waals surface area (Å²) in [5, 5.41) is 17.6. The van der Waals surface area contributed by atoms with E-state index >= 15 is 0 Å². The first-order chi connectivity index (χ1) is 8.72. The van der Waals surface area contributed by atoms with Crippen molar-refractivity contribution in [3.63, 3.8) is 0 Å². The summed E-state index contributed by atoms with van der Waals surface area (Å²) >= 11 is 2.04. The van der Waals surface area contributed by atoms with E-state index in [1.807, 2.05) is 11.8 Å². The first-order valence-corrected chi connectivity index (χ1v) is 8.05. The van der Waals surface area contributed by atoms with Crippen LogP contribution in [0.2, 0.25) is 0 Å². The van der Waals surface area contributed by atoms with Gasteiger partial charge in [-0.05, 0) is 31.4 Å². The fourth-order valence-electron chi connectivity index (χ4n) is 2.69. The molecule has 1 unspecified atom stereocenters. The molecule has 2 aliphatic rings. The van der Waals surface area contributed by atoms with Crippen LogP contribution in [-0.4, -0.2) is 47.8 Å². The van der Waals surface area contributed by atoms with Crippen molar-refractivity contribution in [2.45, 2.75) is 49.4 Å². The van der Waals surface area contributed by atoms with Crippen molar-refractivity contribution in [1.29, 1.82) is 0 Å². The number of thioether (sulfide) groups is 1. The van der Waals surface area contributed by atoms with Gasteiger partial charge in [0.2, 0.25) is 0 Å². The number of nitrogens with zero attached hydrogens (tertiary/aromatic N) is 1. The van der Waals surface area contributed by atoms with E-state index in [1.54, 1.807) is 7.05 Å². The number of rotatable bonds is 4. The Morgan fingerprint density at radius 3 is 2.72 bits per heavy atom. The highest BCUT2D eigenvalue weighted by Gasteiger charge is 2.31. The van der Waals surface area contributed by atoms with Crippen LogP contribution in [0.4, 0.5) is 0 Å². The van der Waals surface area contributed by atoms with Crippen LogP contribution in [0.3, 0.4) is 0 Å². The van der Waals surface area contributed by atoms with Crippen LogP contribution < -0.4 is 10.6 Å². The van der Waals surface area contributed by atoms with Gasteiger partial charge >= 0.3 is 0 Å². The number of guanidine groups is 1. The van der Waals surface area contributed by atoms with Crippen LogP contribution in [-0.2, 0) is 0 Å². The number of hydrogen-bond acceptors (Lipinski definition) is 3. The normalized spacial score (nSPS) is 27.4. The third-order valence-corrected chi connectivity index (χ3v) is 5.26.